The molecule has 8 nitrogen and oxygen atoms in total. The molecule has 190 valence electrons. The van der Waals surface area contributed by atoms with E-state index in [-0.39, 0.29) is 18.5 Å². The van der Waals surface area contributed by atoms with E-state index >= 15 is 0 Å². The van der Waals surface area contributed by atoms with Gasteiger partial charge in [-0.05, 0) is 35.7 Å². The molecule has 0 aliphatic heterocycles. The molecule has 0 unspecified atom stereocenters. The van der Waals surface area contributed by atoms with Crippen molar-refractivity contribution in [2.24, 2.45) is 0 Å². The topological polar surface area (TPSA) is 121 Å². The van der Waals surface area contributed by atoms with Gasteiger partial charge in [-0.25, -0.2) is 4.79 Å². The summed E-state index contributed by atoms with van der Waals surface area (Å²) in [4.78, 5) is 36.7. The largest absolute Gasteiger partial charge is 0.505 e. The van der Waals surface area contributed by atoms with Gasteiger partial charge in [0.05, 0.1) is 18.5 Å². The number of aromatic hydroxyl groups is 1. The van der Waals surface area contributed by atoms with Gasteiger partial charge in [0, 0.05) is 17.3 Å². The zero-order chi connectivity index (χ0) is 26.5. The zero-order valence-corrected chi connectivity index (χ0v) is 19.3. The number of alkyl halides is 3. The van der Waals surface area contributed by atoms with Crippen LogP contribution in [0.15, 0.2) is 65.6 Å². The highest BCUT2D eigenvalue weighted by Gasteiger charge is 2.30. The molecule has 1 aromatic heterocycles. The lowest BCUT2D eigenvalue weighted by Crippen LogP contribution is -2.41. The molecule has 0 aliphatic carbocycles. The number of pyridine rings is 1. The van der Waals surface area contributed by atoms with Crippen LogP contribution in [0.5, 0.6) is 5.75 Å². The van der Waals surface area contributed by atoms with Gasteiger partial charge in [-0.3, -0.25) is 9.59 Å². The number of halogens is 4. The van der Waals surface area contributed by atoms with E-state index in [1.54, 1.807) is 24.3 Å². The molecule has 1 heterocycles. The molecular weight excluding hydrogens is 503 g/mol. The quantitative estimate of drug-likeness (QED) is 0.347. The Bertz CT molecular complexity index is 1330. The maximum Gasteiger partial charge on any atom is 0.416 e. The smallest absolute Gasteiger partial charge is 0.416 e. The third-order valence-electron chi connectivity index (χ3n) is 5.17. The van der Waals surface area contributed by atoms with Crippen LogP contribution < -0.4 is 16.2 Å². The summed E-state index contributed by atoms with van der Waals surface area (Å²) in [5.41, 5.74) is -1.36. The number of carbonyl (C=O) groups excluding carboxylic acids is 1. The average molecular weight is 524 g/mol. The minimum absolute atomic E-state index is 0.0479. The van der Waals surface area contributed by atoms with Crippen LogP contribution in [0.1, 0.15) is 23.1 Å². The Kier molecular flexibility index (Phi) is 8.25. The van der Waals surface area contributed by atoms with E-state index in [1.807, 2.05) is 0 Å². The summed E-state index contributed by atoms with van der Waals surface area (Å²) in [6.45, 7) is 0.0479. The van der Waals surface area contributed by atoms with Crippen molar-refractivity contribution in [1.29, 1.82) is 0 Å². The highest BCUT2D eigenvalue weighted by Crippen LogP contribution is 2.30. The lowest BCUT2D eigenvalue weighted by Gasteiger charge is -2.19. The van der Waals surface area contributed by atoms with E-state index in [9.17, 15) is 37.8 Å². The van der Waals surface area contributed by atoms with Crippen molar-refractivity contribution in [2.45, 2.75) is 31.6 Å². The van der Waals surface area contributed by atoms with Gasteiger partial charge in [-0.1, -0.05) is 48.0 Å². The fraction of sp³-hybridized carbons (Fsp3) is 0.208. The highest BCUT2D eigenvalue weighted by atomic mass is 35.5. The average Bonchev–Trinajstić information content (AvgIpc) is 2.79. The molecule has 12 heteroatoms. The summed E-state index contributed by atoms with van der Waals surface area (Å²) >= 11 is 6.13. The number of amides is 2. The van der Waals surface area contributed by atoms with Crippen LogP contribution in [0.2, 0.25) is 5.02 Å². The number of carboxylic acid groups (broad SMARTS) is 1. The number of nitrogens with zero attached hydrogens (tertiary/aromatic N) is 1. The second-order valence-corrected chi connectivity index (χ2v) is 8.30. The molecule has 0 saturated carbocycles. The highest BCUT2D eigenvalue weighted by molar-refractivity contribution is 6.31. The number of aromatic nitrogens is 1. The number of urea groups is 1. The molecule has 0 saturated heterocycles. The summed E-state index contributed by atoms with van der Waals surface area (Å²) in [7, 11) is 0. The Morgan fingerprint density at radius 2 is 1.81 bits per heavy atom. The zero-order valence-electron chi connectivity index (χ0n) is 18.6. The second kappa shape index (κ2) is 11.2. The van der Waals surface area contributed by atoms with Crippen LogP contribution in [0.3, 0.4) is 0 Å². The van der Waals surface area contributed by atoms with E-state index in [0.717, 1.165) is 12.1 Å². The standard InChI is InChI=1S/C24H21ClF3N3O5/c25-18-7-2-1-5-15(18)13-31-9-8-19(32)21(22(31)35)30-23(36)29-17(12-20(33)34)11-14-4-3-6-16(10-14)24(26,27)28/h1-10,17,32H,11-13H2,(H,33,34)(H2,29,30,36)/t17-/m1/s1. The van der Waals surface area contributed by atoms with Crippen molar-refractivity contribution in [1.82, 2.24) is 9.88 Å². The number of carbonyl (C=O) groups is 2. The molecule has 2 amide bonds. The minimum Gasteiger partial charge on any atom is -0.505 e. The normalized spacial score (nSPS) is 12.1. The van der Waals surface area contributed by atoms with Crippen molar-refractivity contribution < 1.29 is 33.0 Å². The van der Waals surface area contributed by atoms with Gasteiger partial charge in [-0.15, -0.1) is 0 Å². The Morgan fingerprint density at radius 3 is 2.47 bits per heavy atom. The van der Waals surface area contributed by atoms with Gasteiger partial charge in [0.25, 0.3) is 5.56 Å². The first kappa shape index (κ1) is 26.6. The Balaban J connectivity index is 1.78. The molecule has 0 aliphatic rings. The number of carboxylic acids is 1. The molecule has 0 fully saturated rings. The van der Waals surface area contributed by atoms with Gasteiger partial charge >= 0.3 is 18.2 Å². The maximum absolute atomic E-state index is 13.0. The first-order valence-electron chi connectivity index (χ1n) is 10.6. The number of nitrogens with one attached hydrogen (secondary N) is 2. The number of anilines is 1. The van der Waals surface area contributed by atoms with Crippen LogP contribution >= 0.6 is 11.6 Å². The van der Waals surface area contributed by atoms with E-state index < -0.39 is 53.2 Å². The van der Waals surface area contributed by atoms with E-state index in [1.165, 1.54) is 29.0 Å². The summed E-state index contributed by atoms with van der Waals surface area (Å²) in [6.07, 6.45) is -4.09. The fourth-order valence-electron chi connectivity index (χ4n) is 3.50. The molecule has 4 N–H and O–H groups in total. The molecule has 3 rings (SSSR count). The Labute approximate surface area is 208 Å². The third-order valence-corrected chi connectivity index (χ3v) is 5.54. The van der Waals surface area contributed by atoms with Gasteiger partial charge in [-0.2, -0.15) is 13.2 Å². The van der Waals surface area contributed by atoms with Crippen LogP contribution in [0.25, 0.3) is 0 Å². The van der Waals surface area contributed by atoms with Crippen molar-refractivity contribution in [3.63, 3.8) is 0 Å². The lowest BCUT2D eigenvalue weighted by molar-refractivity contribution is -0.138. The second-order valence-electron chi connectivity index (χ2n) is 7.90. The predicted molar refractivity (Wildman–Crippen MR) is 126 cm³/mol. The first-order chi connectivity index (χ1) is 16.9. The monoisotopic (exact) mass is 523 g/mol. The van der Waals surface area contributed by atoms with Gasteiger partial charge in [0.2, 0.25) is 0 Å². The van der Waals surface area contributed by atoms with Crippen molar-refractivity contribution >= 4 is 29.3 Å². The first-order valence-corrected chi connectivity index (χ1v) is 10.9. The molecule has 3 aromatic rings. The third kappa shape index (κ3) is 7.01. The van der Waals surface area contributed by atoms with Crippen LogP contribution in [0, 0.1) is 0 Å². The number of aliphatic carboxylic acids is 1. The summed E-state index contributed by atoms with van der Waals surface area (Å²) in [5.74, 6) is -1.82. The molecule has 0 radical (unpaired) electrons. The minimum atomic E-state index is -4.59. The van der Waals surface area contributed by atoms with E-state index in [2.05, 4.69) is 10.6 Å². The summed E-state index contributed by atoms with van der Waals surface area (Å²) < 4.78 is 40.2. The van der Waals surface area contributed by atoms with Crippen LogP contribution in [-0.4, -0.2) is 32.8 Å². The molecule has 0 spiro atoms. The Hall–Kier alpha value is -3.99. The van der Waals surface area contributed by atoms with Crippen molar-refractivity contribution in [3.8, 4) is 5.75 Å². The number of hydrogen-bond donors (Lipinski definition) is 4. The molecule has 0 bridgehead atoms. The molecular formula is C24H21ClF3N3O5. The van der Waals surface area contributed by atoms with E-state index in [0.29, 0.717) is 10.6 Å². The van der Waals surface area contributed by atoms with Crippen LogP contribution in [-0.2, 0) is 23.9 Å². The number of rotatable bonds is 8. The lowest BCUT2D eigenvalue weighted by atomic mass is 10.0. The maximum atomic E-state index is 13.0. The SMILES string of the molecule is O=C(O)C[C@@H](Cc1cccc(C(F)(F)F)c1)NC(=O)Nc1c(O)ccn(Cc2ccccc2Cl)c1=O. The molecule has 36 heavy (non-hydrogen) atoms. The fourth-order valence-corrected chi connectivity index (χ4v) is 3.69. The Morgan fingerprint density at radius 1 is 1.08 bits per heavy atom. The molecule has 1 atom stereocenters. The van der Waals surface area contributed by atoms with Crippen molar-refractivity contribution in [3.05, 3.63) is 92.9 Å². The number of benzene rings is 2. The molecule has 2 aromatic carbocycles. The van der Waals surface area contributed by atoms with Gasteiger partial charge in [0.15, 0.2) is 5.69 Å². The van der Waals surface area contributed by atoms with Gasteiger partial charge < -0.3 is 25.4 Å². The van der Waals surface area contributed by atoms with Crippen molar-refractivity contribution in [2.75, 3.05) is 5.32 Å². The van der Waals surface area contributed by atoms with Crippen LogP contribution in [0.4, 0.5) is 23.7 Å². The predicted octanol–water partition coefficient (Wildman–Crippen LogP) is 4.48. The number of hydrogen-bond acceptors (Lipinski definition) is 4. The van der Waals surface area contributed by atoms with E-state index in [4.69, 9.17) is 11.6 Å². The van der Waals surface area contributed by atoms with Gasteiger partial charge in [0.1, 0.15) is 5.75 Å². The summed E-state index contributed by atoms with van der Waals surface area (Å²) in [6, 6.07) is 10.1. The summed E-state index contributed by atoms with van der Waals surface area (Å²) in [5, 5.41) is 24.3.